The van der Waals surface area contributed by atoms with Gasteiger partial charge < -0.3 is 14.2 Å². The van der Waals surface area contributed by atoms with E-state index in [9.17, 15) is 0 Å². The Morgan fingerprint density at radius 2 is 1.85 bits per heavy atom. The number of aryl methyl sites for hydroxylation is 1. The molecule has 2 saturated heterocycles. The van der Waals surface area contributed by atoms with Crippen LogP contribution in [0.5, 0.6) is 0 Å². The van der Waals surface area contributed by atoms with Crippen LogP contribution in [0, 0.1) is 12.8 Å². The predicted molar refractivity (Wildman–Crippen MR) is 75.5 cm³/mol. The van der Waals surface area contributed by atoms with Crippen molar-refractivity contribution < 1.29 is 14.2 Å². The van der Waals surface area contributed by atoms with E-state index in [1.54, 1.807) is 0 Å². The molecule has 2 aliphatic rings. The van der Waals surface area contributed by atoms with E-state index in [-0.39, 0.29) is 6.29 Å². The van der Waals surface area contributed by atoms with Crippen LogP contribution in [0.4, 0.5) is 0 Å². The van der Waals surface area contributed by atoms with Gasteiger partial charge in [0.05, 0.1) is 25.9 Å². The first-order chi connectivity index (χ1) is 9.72. The van der Waals surface area contributed by atoms with Gasteiger partial charge in [-0.25, -0.2) is 0 Å². The van der Waals surface area contributed by atoms with Crippen LogP contribution in [0.3, 0.4) is 0 Å². The molecule has 2 aliphatic heterocycles. The highest BCUT2D eigenvalue weighted by Gasteiger charge is 2.32. The van der Waals surface area contributed by atoms with Crippen molar-refractivity contribution in [1.29, 1.82) is 0 Å². The van der Waals surface area contributed by atoms with Crippen LogP contribution in [0.2, 0.25) is 0 Å². The van der Waals surface area contributed by atoms with Gasteiger partial charge >= 0.3 is 0 Å². The van der Waals surface area contributed by atoms with Crippen molar-refractivity contribution in [3.63, 3.8) is 0 Å². The topological polar surface area (TPSA) is 40.6 Å². The van der Waals surface area contributed by atoms with Crippen LogP contribution in [0.1, 0.15) is 36.9 Å². The monoisotopic (exact) mass is 277 g/mol. The van der Waals surface area contributed by atoms with Crippen molar-refractivity contribution >= 4 is 0 Å². The van der Waals surface area contributed by atoms with Gasteiger partial charge in [0.25, 0.3) is 0 Å². The Balaban J connectivity index is 1.53. The third-order valence-corrected chi connectivity index (χ3v) is 4.25. The smallest absolute Gasteiger partial charge is 0.162 e. The lowest BCUT2D eigenvalue weighted by Gasteiger charge is -2.37. The van der Waals surface area contributed by atoms with E-state index in [0.717, 1.165) is 25.1 Å². The van der Waals surface area contributed by atoms with Gasteiger partial charge in [0.15, 0.2) is 6.29 Å². The first-order valence-corrected chi connectivity index (χ1v) is 7.49. The zero-order chi connectivity index (χ0) is 13.9. The molecule has 2 unspecified atom stereocenters. The van der Waals surface area contributed by atoms with Gasteiger partial charge in [-0.3, -0.25) is 4.98 Å². The van der Waals surface area contributed by atoms with Crippen molar-refractivity contribution in [2.45, 2.75) is 45.0 Å². The molecule has 2 fully saturated rings. The largest absolute Gasteiger partial charge is 0.378 e. The highest BCUT2D eigenvalue weighted by Crippen LogP contribution is 2.29. The van der Waals surface area contributed by atoms with Gasteiger partial charge in [0, 0.05) is 23.7 Å². The van der Waals surface area contributed by atoms with Crippen LogP contribution >= 0.6 is 0 Å². The maximum absolute atomic E-state index is 5.92. The van der Waals surface area contributed by atoms with E-state index >= 15 is 0 Å². The van der Waals surface area contributed by atoms with Crippen molar-refractivity contribution in [1.82, 2.24) is 4.98 Å². The summed E-state index contributed by atoms with van der Waals surface area (Å²) >= 11 is 0. The van der Waals surface area contributed by atoms with Gasteiger partial charge in [-0.15, -0.1) is 0 Å². The average molecular weight is 277 g/mol. The summed E-state index contributed by atoms with van der Waals surface area (Å²) < 4.78 is 17.5. The van der Waals surface area contributed by atoms with E-state index in [4.69, 9.17) is 14.2 Å². The van der Waals surface area contributed by atoms with Gasteiger partial charge in [-0.05, 0) is 38.3 Å². The fourth-order valence-corrected chi connectivity index (χ4v) is 2.82. The molecule has 110 valence electrons. The summed E-state index contributed by atoms with van der Waals surface area (Å²) in [4.78, 5) is 4.34. The minimum absolute atomic E-state index is 0.0999. The van der Waals surface area contributed by atoms with Gasteiger partial charge in [0.2, 0.25) is 0 Å². The first-order valence-electron chi connectivity index (χ1n) is 7.49. The molecule has 0 N–H and O–H groups in total. The summed E-state index contributed by atoms with van der Waals surface area (Å²) in [7, 11) is 0. The molecule has 1 aromatic heterocycles. The number of ether oxygens (including phenoxy) is 3. The third-order valence-electron chi connectivity index (χ3n) is 4.25. The van der Waals surface area contributed by atoms with Crippen molar-refractivity contribution in [2.75, 3.05) is 19.8 Å². The lowest BCUT2D eigenvalue weighted by atomic mass is 9.96. The normalized spacial score (nSPS) is 34.9. The lowest BCUT2D eigenvalue weighted by Crippen LogP contribution is -2.40. The Hall–Kier alpha value is -0.970. The Bertz CT molecular complexity index is 418. The van der Waals surface area contributed by atoms with Gasteiger partial charge in [-0.2, -0.15) is 0 Å². The number of rotatable bonds is 2. The highest BCUT2D eigenvalue weighted by molar-refractivity contribution is 5.18. The number of hydrogen-bond acceptors (Lipinski definition) is 4. The number of nitrogens with zero attached hydrogens (tertiary/aromatic N) is 1. The first kappa shape index (κ1) is 14.0. The highest BCUT2D eigenvalue weighted by atomic mass is 16.7. The molecule has 20 heavy (non-hydrogen) atoms. The summed E-state index contributed by atoms with van der Waals surface area (Å²) in [6.45, 7) is 6.29. The molecule has 3 rings (SSSR count). The van der Waals surface area contributed by atoms with Gasteiger partial charge in [0.1, 0.15) is 0 Å². The van der Waals surface area contributed by atoms with E-state index in [2.05, 4.69) is 18.0 Å². The summed E-state index contributed by atoms with van der Waals surface area (Å²) in [6.07, 6.45) is 4.43. The molecule has 0 amide bonds. The molecular formula is C16H23NO3. The Morgan fingerprint density at radius 1 is 1.05 bits per heavy atom. The number of hydrogen-bond donors (Lipinski definition) is 0. The SMILES string of the molecule is Cc1ccc(C2COC(C3CCC(C)OC3)OC2)cn1. The molecule has 2 atom stereocenters. The summed E-state index contributed by atoms with van der Waals surface area (Å²) in [5.74, 6) is 0.672. The van der Waals surface area contributed by atoms with Crippen molar-refractivity contribution in [2.24, 2.45) is 5.92 Å². The van der Waals surface area contributed by atoms with Crippen LogP contribution in [-0.2, 0) is 14.2 Å². The second-order valence-corrected chi connectivity index (χ2v) is 5.95. The molecule has 4 nitrogen and oxygen atoms in total. The molecule has 0 bridgehead atoms. The van der Waals surface area contributed by atoms with Crippen LogP contribution < -0.4 is 0 Å². The summed E-state index contributed by atoms with van der Waals surface area (Å²) in [5, 5.41) is 0. The Morgan fingerprint density at radius 3 is 2.45 bits per heavy atom. The van der Waals surface area contributed by atoms with Crippen molar-refractivity contribution in [3.05, 3.63) is 29.6 Å². The maximum Gasteiger partial charge on any atom is 0.162 e. The Labute approximate surface area is 120 Å². The zero-order valence-electron chi connectivity index (χ0n) is 12.2. The Kier molecular flexibility index (Phi) is 4.34. The van der Waals surface area contributed by atoms with Crippen LogP contribution in [0.15, 0.2) is 18.3 Å². The van der Waals surface area contributed by atoms with Crippen LogP contribution in [-0.4, -0.2) is 37.2 Å². The van der Waals surface area contributed by atoms with E-state index < -0.39 is 0 Å². The lowest BCUT2D eigenvalue weighted by molar-refractivity contribution is -0.230. The summed E-state index contributed by atoms with van der Waals surface area (Å²) in [6, 6.07) is 4.16. The third kappa shape index (κ3) is 3.19. The zero-order valence-corrected chi connectivity index (χ0v) is 12.2. The molecule has 4 heteroatoms. The van der Waals surface area contributed by atoms with Gasteiger partial charge in [-0.1, -0.05) is 6.07 Å². The standard InChI is InChI=1S/C16H23NO3/c1-11-3-5-13(7-17-11)15-9-19-16(20-10-15)14-6-4-12(2)18-8-14/h3,5,7,12,14-16H,4,6,8-10H2,1-2H3. The fraction of sp³-hybridized carbons (Fsp3) is 0.688. The second-order valence-electron chi connectivity index (χ2n) is 5.95. The number of pyridine rings is 1. The average Bonchev–Trinajstić information content (AvgIpc) is 2.49. The quantitative estimate of drug-likeness (QED) is 0.833. The predicted octanol–water partition coefficient (Wildman–Crippen LogP) is 2.66. The number of aromatic nitrogens is 1. The molecule has 3 heterocycles. The maximum atomic E-state index is 5.92. The molecule has 0 spiro atoms. The molecular weight excluding hydrogens is 254 g/mol. The molecule has 0 aliphatic carbocycles. The molecule has 0 saturated carbocycles. The minimum atomic E-state index is -0.0999. The minimum Gasteiger partial charge on any atom is -0.378 e. The molecule has 0 aromatic carbocycles. The van der Waals surface area contributed by atoms with Crippen molar-refractivity contribution in [3.8, 4) is 0 Å². The fourth-order valence-electron chi connectivity index (χ4n) is 2.82. The second kappa shape index (κ2) is 6.20. The van der Waals surface area contributed by atoms with E-state index in [1.165, 1.54) is 5.56 Å². The molecule has 1 aromatic rings. The van der Waals surface area contributed by atoms with E-state index in [1.807, 2.05) is 19.2 Å². The summed E-state index contributed by atoms with van der Waals surface area (Å²) in [5.41, 5.74) is 2.24. The molecule has 0 radical (unpaired) electrons. The van der Waals surface area contributed by atoms with E-state index in [0.29, 0.717) is 31.2 Å². The van der Waals surface area contributed by atoms with Crippen LogP contribution in [0.25, 0.3) is 0 Å².